The lowest BCUT2D eigenvalue weighted by atomic mass is 10.2. The molecule has 0 aliphatic carbocycles. The Kier molecular flexibility index (Phi) is 6.49. The lowest BCUT2D eigenvalue weighted by Gasteiger charge is -2.29. The Balaban J connectivity index is 1.72. The Hall–Kier alpha value is -3.06. The molecule has 1 amide bonds. The number of fused-ring (bicyclic) bond motifs is 1. The molecule has 0 spiro atoms. The average Bonchev–Trinajstić information content (AvgIpc) is 3.27. The zero-order chi connectivity index (χ0) is 20.8. The molecule has 158 valence electrons. The van der Waals surface area contributed by atoms with E-state index < -0.39 is 0 Å². The highest BCUT2D eigenvalue weighted by Gasteiger charge is 2.24. The van der Waals surface area contributed by atoms with Crippen molar-refractivity contribution in [2.24, 2.45) is 0 Å². The maximum absolute atomic E-state index is 13.1. The molecule has 0 radical (unpaired) electrons. The molecule has 1 aromatic carbocycles. The van der Waals surface area contributed by atoms with Crippen molar-refractivity contribution in [2.75, 3.05) is 42.7 Å². The van der Waals surface area contributed by atoms with E-state index in [2.05, 4.69) is 22.9 Å². The number of anilines is 2. The van der Waals surface area contributed by atoms with E-state index in [0.29, 0.717) is 32.2 Å². The number of morpholine rings is 1. The summed E-state index contributed by atoms with van der Waals surface area (Å²) in [5.41, 5.74) is 1.85. The number of rotatable bonds is 7. The molecule has 3 aromatic rings. The van der Waals surface area contributed by atoms with Gasteiger partial charge in [-0.1, -0.05) is 43.7 Å². The van der Waals surface area contributed by atoms with Crippen molar-refractivity contribution in [1.82, 2.24) is 9.97 Å². The van der Waals surface area contributed by atoms with E-state index in [1.54, 1.807) is 4.90 Å². The number of nitrogens with one attached hydrogen (secondary N) is 1. The van der Waals surface area contributed by atoms with E-state index in [1.165, 1.54) is 0 Å². The van der Waals surface area contributed by atoms with Gasteiger partial charge in [0, 0.05) is 24.7 Å². The Morgan fingerprint density at radius 3 is 2.80 bits per heavy atom. The van der Waals surface area contributed by atoms with E-state index in [9.17, 15) is 4.79 Å². The Bertz CT molecular complexity index is 967. The topological polar surface area (TPSA) is 70.7 Å². The maximum atomic E-state index is 13.1. The molecule has 1 fully saturated rings. The van der Waals surface area contributed by atoms with Gasteiger partial charge in [-0.2, -0.15) is 0 Å². The number of unbranched alkanes of at least 4 members (excludes halogenated alkanes) is 1. The average molecular weight is 409 g/mol. The molecule has 3 heterocycles. The predicted octanol–water partition coefficient (Wildman–Crippen LogP) is 4.34. The summed E-state index contributed by atoms with van der Waals surface area (Å²) in [6.07, 6.45) is 3.30. The summed E-state index contributed by atoms with van der Waals surface area (Å²) in [7, 11) is 0. The molecule has 0 saturated carbocycles. The van der Waals surface area contributed by atoms with Gasteiger partial charge in [0.15, 0.2) is 5.82 Å². The first-order valence-corrected chi connectivity index (χ1v) is 10.6. The fraction of sp³-hybridized carbons (Fsp3) is 0.391. The van der Waals surface area contributed by atoms with Gasteiger partial charge in [0.1, 0.15) is 5.82 Å². The van der Waals surface area contributed by atoms with Gasteiger partial charge in [-0.3, -0.25) is 4.90 Å². The van der Waals surface area contributed by atoms with E-state index >= 15 is 0 Å². The van der Waals surface area contributed by atoms with Crippen LogP contribution in [0.1, 0.15) is 25.3 Å². The van der Waals surface area contributed by atoms with Crippen molar-refractivity contribution in [2.45, 2.75) is 26.3 Å². The third-order valence-electron chi connectivity index (χ3n) is 5.23. The van der Waals surface area contributed by atoms with E-state index in [1.807, 2.05) is 42.6 Å². The van der Waals surface area contributed by atoms with Crippen LogP contribution < -0.4 is 9.80 Å². The van der Waals surface area contributed by atoms with Crippen molar-refractivity contribution in [1.29, 1.82) is 0 Å². The summed E-state index contributed by atoms with van der Waals surface area (Å²) >= 11 is 0. The molecular formula is C23H28N4O3. The van der Waals surface area contributed by atoms with Crippen LogP contribution in [0.3, 0.4) is 0 Å². The number of pyridine rings is 1. The SMILES string of the molecule is CCCCOC(=O)N(Cc1ccccc1)c1nc(N2CCOCC2)cc2cc[nH]c12. The van der Waals surface area contributed by atoms with Crippen LogP contribution in [0.5, 0.6) is 0 Å². The number of H-pyrrole nitrogens is 1. The van der Waals surface area contributed by atoms with Gasteiger partial charge in [-0.15, -0.1) is 0 Å². The fourth-order valence-corrected chi connectivity index (χ4v) is 3.55. The predicted molar refractivity (Wildman–Crippen MR) is 118 cm³/mol. The van der Waals surface area contributed by atoms with Crippen LogP contribution in [0.2, 0.25) is 0 Å². The van der Waals surface area contributed by atoms with Crippen LogP contribution in [-0.2, 0) is 16.0 Å². The maximum Gasteiger partial charge on any atom is 0.415 e. The Morgan fingerprint density at radius 2 is 2.03 bits per heavy atom. The van der Waals surface area contributed by atoms with Crippen molar-refractivity contribution >= 4 is 28.6 Å². The van der Waals surface area contributed by atoms with Crippen molar-refractivity contribution in [3.63, 3.8) is 0 Å². The number of hydrogen-bond acceptors (Lipinski definition) is 5. The number of nitrogens with zero attached hydrogens (tertiary/aromatic N) is 3. The number of aromatic amines is 1. The number of amides is 1. The lowest BCUT2D eigenvalue weighted by molar-refractivity contribution is 0.122. The summed E-state index contributed by atoms with van der Waals surface area (Å²) in [5.74, 6) is 1.43. The van der Waals surface area contributed by atoms with Gasteiger partial charge in [-0.05, 0) is 24.1 Å². The number of aromatic nitrogens is 2. The highest BCUT2D eigenvalue weighted by molar-refractivity contribution is 5.99. The molecule has 0 atom stereocenters. The molecule has 1 N–H and O–H groups in total. The van der Waals surface area contributed by atoms with E-state index in [0.717, 1.165) is 48.2 Å². The summed E-state index contributed by atoms with van der Waals surface area (Å²) in [4.78, 5) is 25.1. The van der Waals surface area contributed by atoms with Crippen LogP contribution in [0.4, 0.5) is 16.4 Å². The molecule has 2 aromatic heterocycles. The minimum Gasteiger partial charge on any atom is -0.449 e. The second-order valence-electron chi connectivity index (χ2n) is 7.39. The number of benzene rings is 1. The van der Waals surface area contributed by atoms with Crippen LogP contribution in [0, 0.1) is 0 Å². The summed E-state index contributed by atoms with van der Waals surface area (Å²) in [6.45, 7) is 5.77. The first kappa shape index (κ1) is 20.2. The molecule has 7 nitrogen and oxygen atoms in total. The van der Waals surface area contributed by atoms with Crippen LogP contribution >= 0.6 is 0 Å². The van der Waals surface area contributed by atoms with Gasteiger partial charge in [0.05, 0.1) is 31.9 Å². The summed E-state index contributed by atoms with van der Waals surface area (Å²) in [5, 5.41) is 1.01. The largest absolute Gasteiger partial charge is 0.449 e. The molecule has 1 saturated heterocycles. The van der Waals surface area contributed by atoms with Crippen LogP contribution in [0.15, 0.2) is 48.7 Å². The standard InChI is InChI=1S/C23H28N4O3/c1-2-3-13-30-23(28)27(17-18-7-5-4-6-8-18)22-21-19(9-10-24-21)16-20(25-22)26-11-14-29-15-12-26/h4-10,16,24H,2-3,11-15,17H2,1H3. The fourth-order valence-electron chi connectivity index (χ4n) is 3.55. The highest BCUT2D eigenvalue weighted by atomic mass is 16.6. The highest BCUT2D eigenvalue weighted by Crippen LogP contribution is 2.30. The lowest BCUT2D eigenvalue weighted by Crippen LogP contribution is -2.37. The summed E-state index contributed by atoms with van der Waals surface area (Å²) in [6, 6.07) is 14.0. The van der Waals surface area contributed by atoms with E-state index in [4.69, 9.17) is 14.5 Å². The summed E-state index contributed by atoms with van der Waals surface area (Å²) < 4.78 is 11.1. The second-order valence-corrected chi connectivity index (χ2v) is 7.39. The third kappa shape index (κ3) is 4.57. The van der Waals surface area contributed by atoms with Crippen LogP contribution in [0.25, 0.3) is 10.9 Å². The molecule has 1 aliphatic rings. The quantitative estimate of drug-likeness (QED) is 0.589. The normalized spacial score (nSPS) is 14.1. The zero-order valence-corrected chi connectivity index (χ0v) is 17.3. The minimum atomic E-state index is -0.380. The van der Waals surface area contributed by atoms with Gasteiger partial charge >= 0.3 is 6.09 Å². The first-order chi connectivity index (χ1) is 14.8. The number of hydrogen-bond donors (Lipinski definition) is 1. The van der Waals surface area contributed by atoms with E-state index in [-0.39, 0.29) is 6.09 Å². The smallest absolute Gasteiger partial charge is 0.415 e. The first-order valence-electron chi connectivity index (χ1n) is 10.6. The molecule has 4 rings (SSSR count). The minimum absolute atomic E-state index is 0.380. The zero-order valence-electron chi connectivity index (χ0n) is 17.3. The van der Waals surface area contributed by atoms with Gasteiger partial charge in [0.2, 0.25) is 0 Å². The van der Waals surface area contributed by atoms with Crippen LogP contribution in [-0.4, -0.2) is 49.0 Å². The van der Waals surface area contributed by atoms with Gasteiger partial charge in [0.25, 0.3) is 0 Å². The second kappa shape index (κ2) is 9.63. The van der Waals surface area contributed by atoms with Crippen molar-refractivity contribution < 1.29 is 14.3 Å². The monoisotopic (exact) mass is 408 g/mol. The van der Waals surface area contributed by atoms with Gasteiger partial charge in [-0.25, -0.2) is 9.78 Å². The molecule has 7 heteroatoms. The van der Waals surface area contributed by atoms with Gasteiger partial charge < -0.3 is 19.4 Å². The number of ether oxygens (including phenoxy) is 2. The molecule has 0 bridgehead atoms. The molecule has 1 aliphatic heterocycles. The number of carbonyl (C=O) groups is 1. The molecule has 0 unspecified atom stereocenters. The van der Waals surface area contributed by atoms with Crippen molar-refractivity contribution in [3.05, 3.63) is 54.2 Å². The number of carbonyl (C=O) groups excluding carboxylic acids is 1. The Morgan fingerprint density at radius 1 is 1.23 bits per heavy atom. The van der Waals surface area contributed by atoms with Crippen molar-refractivity contribution in [3.8, 4) is 0 Å². The third-order valence-corrected chi connectivity index (χ3v) is 5.23. The Labute approximate surface area is 176 Å². The molecule has 30 heavy (non-hydrogen) atoms. The molecular weight excluding hydrogens is 380 g/mol.